The number of ether oxygens (including phenoxy) is 2. The number of hydrogen-bond donors (Lipinski definition) is 5. The minimum atomic E-state index is -0.849. The molecule has 218 valence electrons. The van der Waals surface area contributed by atoms with Gasteiger partial charge in [-0.1, -0.05) is 24.3 Å². The molecular weight excluding hydrogens is 527 g/mol. The van der Waals surface area contributed by atoms with E-state index in [2.05, 4.69) is 15.6 Å². The van der Waals surface area contributed by atoms with Gasteiger partial charge in [0.2, 0.25) is 5.91 Å². The highest BCUT2D eigenvalue weighted by Crippen LogP contribution is 2.25. The average Bonchev–Trinajstić information content (AvgIpc) is 2.91. The van der Waals surface area contributed by atoms with Crippen LogP contribution in [0.2, 0.25) is 0 Å². The van der Waals surface area contributed by atoms with Gasteiger partial charge in [-0.2, -0.15) is 0 Å². The van der Waals surface area contributed by atoms with E-state index in [0.717, 1.165) is 5.56 Å². The molecule has 0 spiro atoms. The van der Waals surface area contributed by atoms with Gasteiger partial charge in [0.05, 0.1) is 29.5 Å². The number of halogens is 1. The first kappa shape index (κ1) is 31.1. The number of carbonyl (C=O) groups excluding carboxylic acids is 2. The number of carbonyl (C=O) groups is 2. The standard InChI is InChI=1S/C30H37FN6O4/c1-30(2,3)41-15-14-35-27(38)24-13-12-23(17-26(24)40-18-20-4-8-21(31)9-5-20)36-28(39)25(32)16-19-6-10-22(11-7-19)37-29(33)34/h4-13,17,25H,14-16,18,32H2,1-3H3,(H,35,38)(H,36,39)(H4,33,34,37)/t25-/m0/s1. The van der Waals surface area contributed by atoms with Crippen molar-refractivity contribution in [3.8, 4) is 5.75 Å². The van der Waals surface area contributed by atoms with Crippen molar-refractivity contribution in [2.45, 2.75) is 45.4 Å². The summed E-state index contributed by atoms with van der Waals surface area (Å²) in [6.45, 7) is 6.51. The lowest BCUT2D eigenvalue weighted by Gasteiger charge is -2.20. The van der Waals surface area contributed by atoms with Crippen LogP contribution in [0.3, 0.4) is 0 Å². The third-order valence-electron chi connectivity index (χ3n) is 5.71. The van der Waals surface area contributed by atoms with Gasteiger partial charge in [0.15, 0.2) is 5.96 Å². The zero-order valence-electron chi connectivity index (χ0n) is 23.4. The molecule has 41 heavy (non-hydrogen) atoms. The summed E-state index contributed by atoms with van der Waals surface area (Å²) in [5, 5.41) is 5.60. The number of nitrogens with one attached hydrogen (secondary N) is 2. The Morgan fingerprint density at radius 3 is 2.27 bits per heavy atom. The zero-order valence-corrected chi connectivity index (χ0v) is 23.4. The van der Waals surface area contributed by atoms with E-state index >= 15 is 0 Å². The van der Waals surface area contributed by atoms with Crippen LogP contribution in [0.4, 0.5) is 15.8 Å². The molecule has 0 aromatic heterocycles. The number of nitrogens with two attached hydrogens (primary N) is 3. The predicted molar refractivity (Wildman–Crippen MR) is 157 cm³/mol. The maximum Gasteiger partial charge on any atom is 0.255 e. The first-order chi connectivity index (χ1) is 19.4. The van der Waals surface area contributed by atoms with Crippen molar-refractivity contribution in [2.24, 2.45) is 22.2 Å². The molecule has 11 heteroatoms. The van der Waals surface area contributed by atoms with Crippen molar-refractivity contribution < 1.29 is 23.5 Å². The van der Waals surface area contributed by atoms with Gasteiger partial charge in [-0.3, -0.25) is 9.59 Å². The fourth-order valence-electron chi connectivity index (χ4n) is 3.70. The van der Waals surface area contributed by atoms with Crippen molar-refractivity contribution in [3.05, 3.63) is 89.2 Å². The van der Waals surface area contributed by atoms with Gasteiger partial charge in [0, 0.05) is 18.3 Å². The van der Waals surface area contributed by atoms with Crippen LogP contribution >= 0.6 is 0 Å². The van der Waals surface area contributed by atoms with Gasteiger partial charge >= 0.3 is 0 Å². The van der Waals surface area contributed by atoms with Crippen molar-refractivity contribution >= 4 is 29.1 Å². The molecule has 0 saturated carbocycles. The van der Waals surface area contributed by atoms with E-state index < -0.39 is 11.9 Å². The summed E-state index contributed by atoms with van der Waals surface area (Å²) in [6, 6.07) is 16.7. The molecule has 0 bridgehead atoms. The van der Waals surface area contributed by atoms with E-state index in [-0.39, 0.29) is 47.6 Å². The highest BCUT2D eigenvalue weighted by molar-refractivity contribution is 5.99. The summed E-state index contributed by atoms with van der Waals surface area (Å²) < 4.78 is 24.9. The monoisotopic (exact) mass is 564 g/mol. The number of hydrogen-bond acceptors (Lipinski definition) is 6. The first-order valence-electron chi connectivity index (χ1n) is 13.1. The van der Waals surface area contributed by atoms with Crippen LogP contribution in [0, 0.1) is 5.82 Å². The Morgan fingerprint density at radius 1 is 0.976 bits per heavy atom. The van der Waals surface area contributed by atoms with Crippen LogP contribution in [0.1, 0.15) is 42.3 Å². The van der Waals surface area contributed by atoms with Crippen LogP contribution < -0.4 is 32.6 Å². The van der Waals surface area contributed by atoms with E-state index in [1.807, 2.05) is 20.8 Å². The SMILES string of the molecule is CC(C)(C)OCCNC(=O)c1ccc(NC(=O)[C@@H](N)Cc2ccc(N=C(N)N)cc2)cc1OCc1ccc(F)cc1. The lowest BCUT2D eigenvalue weighted by Crippen LogP contribution is -2.37. The molecule has 2 amide bonds. The molecule has 3 aromatic rings. The molecule has 0 radical (unpaired) electrons. The molecular formula is C30H37FN6O4. The van der Waals surface area contributed by atoms with Gasteiger partial charge < -0.3 is 37.3 Å². The van der Waals surface area contributed by atoms with Crippen molar-refractivity contribution in [2.75, 3.05) is 18.5 Å². The second-order valence-electron chi connectivity index (χ2n) is 10.3. The van der Waals surface area contributed by atoms with Gasteiger partial charge in [-0.15, -0.1) is 0 Å². The van der Waals surface area contributed by atoms with Gasteiger partial charge in [-0.25, -0.2) is 9.38 Å². The summed E-state index contributed by atoms with van der Waals surface area (Å²) in [5.74, 6) is -0.954. The third-order valence-corrected chi connectivity index (χ3v) is 5.71. The molecule has 10 nitrogen and oxygen atoms in total. The minimum absolute atomic E-state index is 0.0482. The minimum Gasteiger partial charge on any atom is -0.488 e. The first-order valence-corrected chi connectivity index (χ1v) is 13.1. The molecule has 0 aliphatic carbocycles. The van der Waals surface area contributed by atoms with Crippen molar-refractivity contribution in [1.82, 2.24) is 5.32 Å². The third kappa shape index (κ3) is 10.5. The molecule has 0 aliphatic heterocycles. The molecule has 8 N–H and O–H groups in total. The number of nitrogens with zero attached hydrogens (tertiary/aromatic N) is 1. The van der Waals surface area contributed by atoms with Crippen LogP contribution in [0.25, 0.3) is 0 Å². The summed E-state index contributed by atoms with van der Waals surface area (Å²) >= 11 is 0. The maximum absolute atomic E-state index is 13.3. The fourth-order valence-corrected chi connectivity index (χ4v) is 3.70. The number of amides is 2. The molecule has 3 rings (SSSR count). The number of aliphatic imine (C=N–C) groups is 1. The molecule has 0 saturated heterocycles. The predicted octanol–water partition coefficient (Wildman–Crippen LogP) is 3.36. The highest BCUT2D eigenvalue weighted by Gasteiger charge is 2.18. The Balaban J connectivity index is 1.70. The van der Waals surface area contributed by atoms with Crippen molar-refractivity contribution in [3.63, 3.8) is 0 Å². The summed E-state index contributed by atoms with van der Waals surface area (Å²) in [6.07, 6.45) is 0.277. The Hall–Kier alpha value is -4.48. The fraction of sp³-hybridized carbons (Fsp3) is 0.300. The second-order valence-corrected chi connectivity index (χ2v) is 10.3. The smallest absolute Gasteiger partial charge is 0.255 e. The van der Waals surface area contributed by atoms with Gasteiger partial charge in [-0.05, 0) is 74.7 Å². The lowest BCUT2D eigenvalue weighted by atomic mass is 10.1. The number of benzene rings is 3. The molecule has 0 fully saturated rings. The van der Waals surface area contributed by atoms with E-state index in [1.165, 1.54) is 12.1 Å². The molecule has 1 atom stereocenters. The topological polar surface area (TPSA) is 167 Å². The van der Waals surface area contributed by atoms with Gasteiger partial charge in [0.1, 0.15) is 18.2 Å². The molecule has 0 aliphatic rings. The van der Waals surface area contributed by atoms with Crippen molar-refractivity contribution in [1.29, 1.82) is 0 Å². The molecule has 0 heterocycles. The zero-order chi connectivity index (χ0) is 30.0. The quantitative estimate of drug-likeness (QED) is 0.128. The summed E-state index contributed by atoms with van der Waals surface area (Å²) in [5.41, 5.74) is 19.4. The van der Waals surface area contributed by atoms with Gasteiger partial charge in [0.25, 0.3) is 5.91 Å². The largest absolute Gasteiger partial charge is 0.488 e. The Labute approximate surface area is 239 Å². The van der Waals surface area contributed by atoms with E-state index in [1.54, 1.807) is 54.6 Å². The Kier molecular flexibility index (Phi) is 10.8. The number of rotatable bonds is 12. The second kappa shape index (κ2) is 14.2. The Bertz CT molecular complexity index is 1350. The van der Waals surface area contributed by atoms with Crippen LogP contribution in [0.5, 0.6) is 5.75 Å². The number of anilines is 1. The van der Waals surface area contributed by atoms with Crippen LogP contribution in [0.15, 0.2) is 71.7 Å². The van der Waals surface area contributed by atoms with Crippen LogP contribution in [-0.4, -0.2) is 42.6 Å². The summed E-state index contributed by atoms with van der Waals surface area (Å²) in [4.78, 5) is 29.8. The average molecular weight is 565 g/mol. The van der Waals surface area contributed by atoms with E-state index in [4.69, 9.17) is 26.7 Å². The lowest BCUT2D eigenvalue weighted by molar-refractivity contribution is -0.117. The normalized spacial score (nSPS) is 11.8. The maximum atomic E-state index is 13.3. The highest BCUT2D eigenvalue weighted by atomic mass is 19.1. The molecule has 0 unspecified atom stereocenters. The van der Waals surface area contributed by atoms with E-state index in [9.17, 15) is 14.0 Å². The Morgan fingerprint density at radius 2 is 1.63 bits per heavy atom. The molecule has 3 aromatic carbocycles. The van der Waals surface area contributed by atoms with Crippen LogP contribution in [-0.2, 0) is 22.6 Å². The number of guanidine groups is 1. The summed E-state index contributed by atoms with van der Waals surface area (Å²) in [7, 11) is 0. The van der Waals surface area contributed by atoms with E-state index in [0.29, 0.717) is 30.1 Å².